The zero-order valence-electron chi connectivity index (χ0n) is 25.3. The molecule has 3 heterocycles. The van der Waals surface area contributed by atoms with Gasteiger partial charge in [0.25, 0.3) is 0 Å². The molecule has 3 amide bonds. The van der Waals surface area contributed by atoms with Gasteiger partial charge in [0.05, 0.1) is 30.6 Å². The van der Waals surface area contributed by atoms with E-state index >= 15 is 0 Å². The Labute approximate surface area is 268 Å². The molecular formula is C35H42BrN3O5. The predicted octanol–water partition coefficient (Wildman–Crippen LogP) is 4.50. The van der Waals surface area contributed by atoms with Gasteiger partial charge in [-0.25, -0.2) is 0 Å². The summed E-state index contributed by atoms with van der Waals surface area (Å²) in [4.78, 5) is 48.6. The lowest BCUT2D eigenvalue weighted by Crippen LogP contribution is -2.57. The number of hydrogen-bond donors (Lipinski definition) is 1. The van der Waals surface area contributed by atoms with Gasteiger partial charge in [-0.3, -0.25) is 14.4 Å². The van der Waals surface area contributed by atoms with Gasteiger partial charge in [0.1, 0.15) is 11.6 Å². The fourth-order valence-corrected chi connectivity index (χ4v) is 8.31. The van der Waals surface area contributed by atoms with Gasteiger partial charge < -0.3 is 24.5 Å². The second-order valence-electron chi connectivity index (χ2n) is 11.9. The lowest BCUT2D eigenvalue weighted by atomic mass is 9.70. The van der Waals surface area contributed by atoms with Crippen molar-refractivity contribution in [2.45, 2.75) is 61.3 Å². The summed E-state index contributed by atoms with van der Waals surface area (Å²) in [5.41, 5.74) is 0.449. The summed E-state index contributed by atoms with van der Waals surface area (Å²) in [5, 5.41) is 10.7. The molecule has 2 aromatic rings. The molecule has 3 aliphatic heterocycles. The van der Waals surface area contributed by atoms with Gasteiger partial charge in [0, 0.05) is 31.0 Å². The highest BCUT2D eigenvalue weighted by atomic mass is 79.9. The van der Waals surface area contributed by atoms with Crippen LogP contribution in [-0.2, 0) is 25.7 Å². The van der Waals surface area contributed by atoms with E-state index in [1.807, 2.05) is 60.7 Å². The number of nitrogens with zero attached hydrogens (tertiary/aromatic N) is 3. The Hall–Kier alpha value is -3.27. The molecule has 1 N–H and O–H groups in total. The number of ether oxygens (including phenoxy) is 1. The second-order valence-corrected chi connectivity index (χ2v) is 13.1. The van der Waals surface area contributed by atoms with Crippen molar-refractivity contribution in [3.05, 3.63) is 97.1 Å². The number of alkyl halides is 1. The van der Waals surface area contributed by atoms with Crippen molar-refractivity contribution < 1.29 is 24.2 Å². The smallest absolute Gasteiger partial charge is 0.248 e. The minimum Gasteiger partial charge on any atom is -0.394 e. The highest BCUT2D eigenvalue weighted by molar-refractivity contribution is 9.09. The standard InChI is InChI=1S/C35H42BrN3O5/c1-4-7-20-37(18-5-2)34(43)31-35-21-26(36)30(44-35)28(32(41)38(19-6-3)22-24-14-10-8-11-15-24)29(35)33(42)39(31)27(23-40)25-16-12-9-13-17-25/h5-6,8-17,26-31,40H,2-4,7,18-23H2,1H3/t26?,27-,28-,29+,30-,31?,35?/m1/s1. The largest absolute Gasteiger partial charge is 0.394 e. The summed E-state index contributed by atoms with van der Waals surface area (Å²) in [6.45, 7) is 10.9. The van der Waals surface area contributed by atoms with E-state index in [0.717, 1.165) is 18.4 Å². The van der Waals surface area contributed by atoms with E-state index in [2.05, 4.69) is 36.0 Å². The van der Waals surface area contributed by atoms with Gasteiger partial charge >= 0.3 is 0 Å². The second kappa shape index (κ2) is 13.8. The molecule has 2 bridgehead atoms. The monoisotopic (exact) mass is 663 g/mol. The number of benzene rings is 2. The molecule has 234 valence electrons. The van der Waals surface area contributed by atoms with Crippen LogP contribution in [0.5, 0.6) is 0 Å². The van der Waals surface area contributed by atoms with E-state index in [9.17, 15) is 19.5 Å². The lowest BCUT2D eigenvalue weighted by molar-refractivity contribution is -0.152. The number of aliphatic hydroxyl groups excluding tert-OH is 1. The highest BCUT2D eigenvalue weighted by Gasteiger charge is 2.77. The van der Waals surface area contributed by atoms with Gasteiger partial charge in [-0.05, 0) is 24.0 Å². The third kappa shape index (κ3) is 5.66. The Morgan fingerprint density at radius 1 is 1.07 bits per heavy atom. The molecule has 3 fully saturated rings. The molecule has 0 saturated carbocycles. The lowest BCUT2D eigenvalue weighted by Gasteiger charge is -2.39. The Morgan fingerprint density at radius 2 is 1.70 bits per heavy atom. The van der Waals surface area contributed by atoms with E-state index in [1.165, 1.54) is 4.90 Å². The Bertz CT molecular complexity index is 1360. The molecule has 3 aliphatic rings. The van der Waals surface area contributed by atoms with Gasteiger partial charge in [-0.15, -0.1) is 13.2 Å². The number of unbranched alkanes of at least 4 members (excludes halogenated alkanes) is 1. The van der Waals surface area contributed by atoms with Crippen LogP contribution >= 0.6 is 15.9 Å². The number of likely N-dealkylation sites (tertiary alicyclic amines) is 1. The van der Waals surface area contributed by atoms with Gasteiger partial charge in [-0.1, -0.05) is 102 Å². The molecule has 1 spiro atoms. The minimum absolute atomic E-state index is 0.203. The van der Waals surface area contributed by atoms with E-state index in [1.54, 1.807) is 22.0 Å². The van der Waals surface area contributed by atoms with Crippen molar-refractivity contribution in [3.63, 3.8) is 0 Å². The summed E-state index contributed by atoms with van der Waals surface area (Å²) >= 11 is 3.78. The molecule has 3 unspecified atom stereocenters. The van der Waals surface area contributed by atoms with Crippen LogP contribution in [0.25, 0.3) is 0 Å². The number of carbonyl (C=O) groups is 3. The maximum atomic E-state index is 14.8. The molecule has 3 saturated heterocycles. The van der Waals surface area contributed by atoms with Crippen molar-refractivity contribution in [1.82, 2.24) is 14.7 Å². The third-order valence-corrected chi connectivity index (χ3v) is 10.1. The molecule has 5 rings (SSSR count). The molecule has 0 aromatic heterocycles. The number of carbonyl (C=O) groups excluding carboxylic acids is 3. The van der Waals surface area contributed by atoms with Crippen LogP contribution in [0.15, 0.2) is 86.0 Å². The molecule has 2 aromatic carbocycles. The van der Waals surface area contributed by atoms with E-state index in [0.29, 0.717) is 38.2 Å². The number of hydrogen-bond acceptors (Lipinski definition) is 5. The quantitative estimate of drug-likeness (QED) is 0.238. The first-order valence-electron chi connectivity index (χ1n) is 15.5. The molecule has 0 radical (unpaired) electrons. The minimum atomic E-state index is -1.23. The van der Waals surface area contributed by atoms with Crippen LogP contribution in [-0.4, -0.2) is 86.3 Å². The summed E-state index contributed by atoms with van der Waals surface area (Å²) < 4.78 is 6.77. The molecule has 8 nitrogen and oxygen atoms in total. The maximum absolute atomic E-state index is 14.8. The number of rotatable bonds is 14. The van der Waals surface area contributed by atoms with Crippen LogP contribution in [0.4, 0.5) is 0 Å². The first-order chi connectivity index (χ1) is 21.3. The van der Waals surface area contributed by atoms with E-state index in [4.69, 9.17) is 4.74 Å². The first-order valence-corrected chi connectivity index (χ1v) is 16.4. The fraction of sp³-hybridized carbons (Fsp3) is 0.457. The molecule has 9 heteroatoms. The van der Waals surface area contributed by atoms with Crippen LogP contribution in [0, 0.1) is 11.8 Å². The zero-order chi connectivity index (χ0) is 31.4. The topological polar surface area (TPSA) is 90.4 Å². The number of aliphatic hydroxyl groups is 1. The molecule has 0 aliphatic carbocycles. The third-order valence-electron chi connectivity index (χ3n) is 9.26. The zero-order valence-corrected chi connectivity index (χ0v) is 26.8. The summed E-state index contributed by atoms with van der Waals surface area (Å²) in [6, 6.07) is 17.2. The number of halogens is 1. The highest BCUT2D eigenvalue weighted by Crippen LogP contribution is 2.61. The van der Waals surface area contributed by atoms with Crippen LogP contribution < -0.4 is 0 Å². The summed E-state index contributed by atoms with van der Waals surface area (Å²) in [7, 11) is 0. The summed E-state index contributed by atoms with van der Waals surface area (Å²) in [5.74, 6) is -2.46. The average molecular weight is 665 g/mol. The van der Waals surface area contributed by atoms with E-state index < -0.39 is 35.6 Å². The Balaban J connectivity index is 1.59. The van der Waals surface area contributed by atoms with Crippen molar-refractivity contribution in [2.75, 3.05) is 26.2 Å². The van der Waals surface area contributed by atoms with Crippen molar-refractivity contribution in [2.24, 2.45) is 11.8 Å². The van der Waals surface area contributed by atoms with Crippen molar-refractivity contribution in [1.29, 1.82) is 0 Å². The average Bonchev–Trinajstić information content (AvgIpc) is 3.63. The Morgan fingerprint density at radius 3 is 2.32 bits per heavy atom. The van der Waals surface area contributed by atoms with Gasteiger partial charge in [-0.2, -0.15) is 0 Å². The van der Waals surface area contributed by atoms with Crippen molar-refractivity contribution in [3.8, 4) is 0 Å². The van der Waals surface area contributed by atoms with Gasteiger partial charge in [0.15, 0.2) is 0 Å². The van der Waals surface area contributed by atoms with Gasteiger partial charge in [0.2, 0.25) is 17.7 Å². The number of amides is 3. The van der Waals surface area contributed by atoms with Crippen LogP contribution in [0.2, 0.25) is 0 Å². The van der Waals surface area contributed by atoms with E-state index in [-0.39, 0.29) is 29.2 Å². The Kier molecular flexibility index (Phi) is 10.1. The first kappa shape index (κ1) is 32.1. The fourth-order valence-electron chi connectivity index (χ4n) is 7.37. The normalized spacial score (nSPS) is 27.6. The molecular weight excluding hydrogens is 622 g/mol. The van der Waals surface area contributed by atoms with Crippen molar-refractivity contribution >= 4 is 33.7 Å². The van der Waals surface area contributed by atoms with Crippen LogP contribution in [0.3, 0.4) is 0 Å². The molecule has 44 heavy (non-hydrogen) atoms. The maximum Gasteiger partial charge on any atom is 0.248 e. The predicted molar refractivity (Wildman–Crippen MR) is 173 cm³/mol. The molecule has 7 atom stereocenters. The summed E-state index contributed by atoms with van der Waals surface area (Å²) in [6.07, 6.45) is 4.88. The van der Waals surface area contributed by atoms with Crippen LogP contribution in [0.1, 0.15) is 43.4 Å². The number of fused-ring (bicyclic) bond motifs is 1. The SMILES string of the molecule is C=CCN(CCCC)C(=O)C1N([C@H](CO)c2ccccc2)C(=O)[C@@H]2[C@@H](C(=O)N(CC=C)Cc3ccccc3)[C@@H]3OC12CC3Br.